The third-order valence-corrected chi connectivity index (χ3v) is 4.07. The van der Waals surface area contributed by atoms with Gasteiger partial charge in [0.25, 0.3) is 0 Å². The summed E-state index contributed by atoms with van der Waals surface area (Å²) in [7, 11) is 4.84. The summed E-state index contributed by atoms with van der Waals surface area (Å²) in [5.74, 6) is 1.52. The van der Waals surface area contributed by atoms with E-state index in [2.05, 4.69) is 0 Å². The minimum Gasteiger partial charge on any atom is -0.496 e. The zero-order valence-corrected chi connectivity index (χ0v) is 13.3. The molecular formula is C13H19ClO5S. The highest BCUT2D eigenvalue weighted by atomic mass is 35.7. The van der Waals surface area contributed by atoms with Gasteiger partial charge in [0, 0.05) is 34.8 Å². The van der Waals surface area contributed by atoms with E-state index in [-0.39, 0.29) is 18.3 Å². The molecule has 1 atom stereocenters. The van der Waals surface area contributed by atoms with Crippen LogP contribution >= 0.6 is 10.7 Å². The summed E-state index contributed by atoms with van der Waals surface area (Å²) < 4.78 is 38.0. The highest BCUT2D eigenvalue weighted by Gasteiger charge is 2.16. The quantitative estimate of drug-likeness (QED) is 0.689. The molecule has 5 nitrogen and oxygen atoms in total. The minimum atomic E-state index is -3.52. The first kappa shape index (κ1) is 16.9. The van der Waals surface area contributed by atoms with Crippen molar-refractivity contribution in [2.45, 2.75) is 13.3 Å². The number of ether oxygens (including phenoxy) is 3. The van der Waals surface area contributed by atoms with E-state index < -0.39 is 9.05 Å². The van der Waals surface area contributed by atoms with Crippen LogP contribution in [0.15, 0.2) is 18.2 Å². The fourth-order valence-electron chi connectivity index (χ4n) is 1.64. The number of hydrogen-bond donors (Lipinski definition) is 0. The summed E-state index contributed by atoms with van der Waals surface area (Å²) >= 11 is 0. The van der Waals surface area contributed by atoms with Gasteiger partial charge in [-0.2, -0.15) is 0 Å². The summed E-state index contributed by atoms with van der Waals surface area (Å²) in [4.78, 5) is 0. The maximum Gasteiger partial charge on any atom is 0.232 e. The Kier molecular flexibility index (Phi) is 6.42. The molecule has 0 spiro atoms. The normalized spacial score (nSPS) is 12.8. The Hall–Kier alpha value is -1.14. The summed E-state index contributed by atoms with van der Waals surface area (Å²) in [5.41, 5.74) is 0. The van der Waals surface area contributed by atoms with Crippen molar-refractivity contribution < 1.29 is 22.6 Å². The van der Waals surface area contributed by atoms with Gasteiger partial charge in [-0.1, -0.05) is 6.92 Å². The van der Waals surface area contributed by atoms with Crippen LogP contribution in [0.25, 0.3) is 0 Å². The number of hydrogen-bond acceptors (Lipinski definition) is 5. The minimum absolute atomic E-state index is 0.105. The van der Waals surface area contributed by atoms with E-state index in [4.69, 9.17) is 24.9 Å². The van der Waals surface area contributed by atoms with E-state index in [0.717, 1.165) is 0 Å². The molecule has 1 unspecified atom stereocenters. The number of methoxy groups -OCH3 is 2. The highest BCUT2D eigenvalue weighted by Crippen LogP contribution is 2.28. The first-order valence-electron chi connectivity index (χ1n) is 6.16. The van der Waals surface area contributed by atoms with Gasteiger partial charge in [-0.25, -0.2) is 8.42 Å². The van der Waals surface area contributed by atoms with Crippen molar-refractivity contribution >= 4 is 19.7 Å². The Morgan fingerprint density at radius 3 is 2.00 bits per heavy atom. The molecule has 0 aliphatic rings. The van der Waals surface area contributed by atoms with Crippen LogP contribution in [0.3, 0.4) is 0 Å². The first-order chi connectivity index (χ1) is 9.37. The van der Waals surface area contributed by atoms with Crippen LogP contribution < -0.4 is 14.2 Å². The highest BCUT2D eigenvalue weighted by molar-refractivity contribution is 8.13. The number of benzene rings is 1. The number of rotatable bonds is 8. The van der Waals surface area contributed by atoms with Gasteiger partial charge in [0.15, 0.2) is 0 Å². The molecule has 1 aromatic carbocycles. The SMILES string of the molecule is CCC(COc1cc(OC)cc(OC)c1)CS(=O)(=O)Cl. The Balaban J connectivity index is 2.72. The second-order valence-corrected chi connectivity index (χ2v) is 7.16. The van der Waals surface area contributed by atoms with Gasteiger partial charge in [0.1, 0.15) is 17.2 Å². The van der Waals surface area contributed by atoms with E-state index in [9.17, 15) is 8.42 Å². The van der Waals surface area contributed by atoms with E-state index in [1.54, 1.807) is 32.4 Å². The molecule has 0 aliphatic heterocycles. The monoisotopic (exact) mass is 322 g/mol. The second kappa shape index (κ2) is 7.59. The second-order valence-electron chi connectivity index (χ2n) is 4.34. The largest absolute Gasteiger partial charge is 0.496 e. The molecule has 0 fully saturated rings. The van der Waals surface area contributed by atoms with Crippen molar-refractivity contribution in [3.63, 3.8) is 0 Å². The third kappa shape index (κ3) is 5.88. The lowest BCUT2D eigenvalue weighted by molar-refractivity contribution is 0.255. The van der Waals surface area contributed by atoms with Crippen LogP contribution in [0.4, 0.5) is 0 Å². The Morgan fingerprint density at radius 2 is 1.60 bits per heavy atom. The van der Waals surface area contributed by atoms with E-state index in [1.807, 2.05) is 6.92 Å². The molecule has 0 radical (unpaired) electrons. The molecule has 114 valence electrons. The zero-order chi connectivity index (χ0) is 15.2. The molecule has 0 aromatic heterocycles. The first-order valence-corrected chi connectivity index (χ1v) is 8.64. The summed E-state index contributed by atoms with van der Waals surface area (Å²) in [6, 6.07) is 5.16. The average molecular weight is 323 g/mol. The van der Waals surface area contributed by atoms with Crippen LogP contribution in [-0.2, 0) is 9.05 Å². The van der Waals surface area contributed by atoms with Crippen molar-refractivity contribution in [2.75, 3.05) is 26.6 Å². The molecular weight excluding hydrogens is 304 g/mol. The Morgan fingerprint density at radius 1 is 1.10 bits per heavy atom. The van der Waals surface area contributed by atoms with Gasteiger partial charge in [-0.15, -0.1) is 0 Å². The Bertz CT molecular complexity index is 507. The lowest BCUT2D eigenvalue weighted by atomic mass is 10.1. The van der Waals surface area contributed by atoms with Gasteiger partial charge >= 0.3 is 0 Å². The van der Waals surface area contributed by atoms with Crippen molar-refractivity contribution in [3.8, 4) is 17.2 Å². The summed E-state index contributed by atoms with van der Waals surface area (Å²) in [6.45, 7) is 2.15. The van der Waals surface area contributed by atoms with Crippen LogP contribution in [0.5, 0.6) is 17.2 Å². The van der Waals surface area contributed by atoms with Crippen molar-refractivity contribution in [1.82, 2.24) is 0 Å². The van der Waals surface area contributed by atoms with E-state index >= 15 is 0 Å². The van der Waals surface area contributed by atoms with Gasteiger partial charge in [-0.05, 0) is 6.42 Å². The number of halogens is 1. The standard InChI is InChI=1S/C13H19ClO5S/c1-4-10(9-20(14,15)16)8-19-13-6-11(17-2)5-12(7-13)18-3/h5-7,10H,4,8-9H2,1-3H3. The molecule has 0 amide bonds. The fraction of sp³-hybridized carbons (Fsp3) is 0.538. The van der Waals surface area contributed by atoms with Gasteiger partial charge in [0.05, 0.1) is 26.6 Å². The molecule has 7 heteroatoms. The predicted octanol–water partition coefficient (Wildman–Crippen LogP) is 2.68. The van der Waals surface area contributed by atoms with Gasteiger partial charge in [0.2, 0.25) is 9.05 Å². The molecule has 0 N–H and O–H groups in total. The lowest BCUT2D eigenvalue weighted by Gasteiger charge is -2.15. The molecule has 1 rings (SSSR count). The molecule has 0 bridgehead atoms. The van der Waals surface area contributed by atoms with Gasteiger partial charge in [-0.3, -0.25) is 0 Å². The molecule has 0 saturated carbocycles. The maximum atomic E-state index is 11.1. The van der Waals surface area contributed by atoms with Crippen molar-refractivity contribution in [3.05, 3.63) is 18.2 Å². The summed E-state index contributed by atoms with van der Waals surface area (Å²) in [5, 5.41) is 0. The summed E-state index contributed by atoms with van der Waals surface area (Å²) in [6.07, 6.45) is 0.660. The molecule has 0 saturated heterocycles. The fourth-order valence-corrected chi connectivity index (χ4v) is 3.07. The smallest absolute Gasteiger partial charge is 0.232 e. The predicted molar refractivity (Wildman–Crippen MR) is 78.5 cm³/mol. The van der Waals surface area contributed by atoms with Crippen LogP contribution in [0.2, 0.25) is 0 Å². The molecule has 20 heavy (non-hydrogen) atoms. The topological polar surface area (TPSA) is 61.8 Å². The third-order valence-electron chi connectivity index (χ3n) is 2.82. The van der Waals surface area contributed by atoms with Crippen LogP contribution in [0.1, 0.15) is 13.3 Å². The molecule has 0 aliphatic carbocycles. The van der Waals surface area contributed by atoms with Crippen molar-refractivity contribution in [2.24, 2.45) is 5.92 Å². The lowest BCUT2D eigenvalue weighted by Crippen LogP contribution is -2.19. The maximum absolute atomic E-state index is 11.1. The van der Waals surface area contributed by atoms with E-state index in [0.29, 0.717) is 23.7 Å². The Labute approximate surface area is 124 Å². The van der Waals surface area contributed by atoms with Crippen LogP contribution in [0, 0.1) is 5.92 Å². The van der Waals surface area contributed by atoms with E-state index in [1.165, 1.54) is 0 Å². The molecule has 1 aromatic rings. The zero-order valence-electron chi connectivity index (χ0n) is 11.8. The average Bonchev–Trinajstić information content (AvgIpc) is 2.41. The van der Waals surface area contributed by atoms with Crippen molar-refractivity contribution in [1.29, 1.82) is 0 Å². The van der Waals surface area contributed by atoms with Crippen LogP contribution in [-0.4, -0.2) is 35.0 Å². The molecule has 0 heterocycles. The van der Waals surface area contributed by atoms with Gasteiger partial charge < -0.3 is 14.2 Å².